The number of hydrogen-bond acceptors (Lipinski definition) is 8. The topological polar surface area (TPSA) is 149 Å². The van der Waals surface area contributed by atoms with Crippen molar-refractivity contribution in [2.24, 2.45) is 0 Å². The number of amides is 1. The van der Waals surface area contributed by atoms with Gasteiger partial charge in [0.05, 0.1) is 25.4 Å². The first-order chi connectivity index (χ1) is 32.3. The summed E-state index contributed by atoms with van der Waals surface area (Å²) in [5.74, 6) is -0.234. The van der Waals surface area contributed by atoms with E-state index in [0.717, 1.165) is 64.2 Å². The van der Waals surface area contributed by atoms with E-state index in [0.29, 0.717) is 12.8 Å². The van der Waals surface area contributed by atoms with Crippen LogP contribution in [0.4, 0.5) is 0 Å². The minimum atomic E-state index is -1.59. The highest BCUT2D eigenvalue weighted by Crippen LogP contribution is 2.23. The molecule has 0 spiro atoms. The molecule has 0 bridgehead atoms. The van der Waals surface area contributed by atoms with Crippen LogP contribution in [-0.4, -0.2) is 87.5 Å². The minimum Gasteiger partial charge on any atom is -0.394 e. The van der Waals surface area contributed by atoms with Crippen LogP contribution in [0.3, 0.4) is 0 Å². The molecule has 0 radical (unpaired) electrons. The number of allylic oxidation sites excluding steroid dienone is 13. The van der Waals surface area contributed by atoms with E-state index in [4.69, 9.17) is 9.47 Å². The molecule has 1 saturated heterocycles. The van der Waals surface area contributed by atoms with Gasteiger partial charge < -0.3 is 40.3 Å². The SMILES string of the molecule is CC/C=C\C/C=C\C/C=C\C/C=C\CCCCC(=O)NC(COC1OC(CO)C(O)C(O)C1O)C(O)/C=C/CC/C=C/CC/C=C/CCCCCCCCCCCCCCCCCCCC. The Balaban J connectivity index is 2.30. The smallest absolute Gasteiger partial charge is 0.220 e. The van der Waals surface area contributed by atoms with Crippen LogP contribution in [0.25, 0.3) is 0 Å². The molecule has 0 aromatic rings. The molecule has 0 aliphatic carbocycles. The van der Waals surface area contributed by atoms with Crippen molar-refractivity contribution in [2.45, 2.75) is 256 Å². The molecule has 0 aromatic carbocycles. The van der Waals surface area contributed by atoms with Gasteiger partial charge in [-0.05, 0) is 83.5 Å². The van der Waals surface area contributed by atoms with E-state index < -0.39 is 49.5 Å². The number of hydrogen-bond donors (Lipinski definition) is 6. The van der Waals surface area contributed by atoms with Gasteiger partial charge in [-0.2, -0.15) is 0 Å². The Kier molecular flexibility index (Phi) is 42.9. The van der Waals surface area contributed by atoms with Crippen molar-refractivity contribution in [1.82, 2.24) is 5.32 Å². The van der Waals surface area contributed by atoms with Crippen molar-refractivity contribution in [1.29, 1.82) is 0 Å². The zero-order valence-corrected chi connectivity index (χ0v) is 41.9. The lowest BCUT2D eigenvalue weighted by Gasteiger charge is -2.40. The molecule has 1 rings (SSSR count). The highest BCUT2D eigenvalue weighted by atomic mass is 16.7. The molecule has 7 unspecified atom stereocenters. The third-order valence-electron chi connectivity index (χ3n) is 12.2. The average molecular weight is 926 g/mol. The van der Waals surface area contributed by atoms with Crippen LogP contribution in [0.15, 0.2) is 85.1 Å². The summed E-state index contributed by atoms with van der Waals surface area (Å²) in [6.45, 7) is 3.61. The maximum absolute atomic E-state index is 13.0. The fraction of sp³-hybridized carbons (Fsp3) is 0.737. The second-order valence-corrected chi connectivity index (χ2v) is 18.3. The van der Waals surface area contributed by atoms with Gasteiger partial charge in [-0.3, -0.25) is 4.79 Å². The number of carbonyl (C=O) groups excluding carboxylic acids is 1. The third kappa shape index (κ3) is 35.5. The number of carbonyl (C=O) groups is 1. The zero-order chi connectivity index (χ0) is 48.0. The Labute approximate surface area is 403 Å². The number of aliphatic hydroxyl groups is 5. The van der Waals surface area contributed by atoms with Gasteiger partial charge in [-0.25, -0.2) is 0 Å². The lowest BCUT2D eigenvalue weighted by molar-refractivity contribution is -0.302. The lowest BCUT2D eigenvalue weighted by Crippen LogP contribution is -2.60. The van der Waals surface area contributed by atoms with Gasteiger partial charge in [-0.1, -0.05) is 208 Å². The quantitative estimate of drug-likeness (QED) is 0.0261. The second-order valence-electron chi connectivity index (χ2n) is 18.3. The fourth-order valence-electron chi connectivity index (χ4n) is 7.94. The second kappa shape index (κ2) is 46.1. The van der Waals surface area contributed by atoms with Crippen molar-refractivity contribution < 1.29 is 39.8 Å². The molecular formula is C57H99NO8. The standard InChI is InChI=1S/C57H99NO8/c1-3-5-7-9-11-13-15-17-19-20-21-22-23-24-25-26-27-28-29-30-31-33-34-36-38-40-42-44-46-51(60)50(49-65-57-56(64)55(63)54(62)52(48-59)66-57)58-53(61)47-45-43-41-39-37-35-32-18-16-14-12-10-8-6-4-2/h6,8,12,14,18,30-32,36-39,44,46,50-52,54-57,59-60,62-64H,3-5,7,9-11,13,15-17,19-29,33-35,40-43,45,47-49H2,1-2H3,(H,58,61)/b8-6-,14-12-,31-30+,32-18-,38-36+,39-37-,46-44+. The van der Waals surface area contributed by atoms with Gasteiger partial charge in [0, 0.05) is 6.42 Å². The van der Waals surface area contributed by atoms with Crippen LogP contribution < -0.4 is 5.32 Å². The van der Waals surface area contributed by atoms with E-state index in [1.807, 2.05) is 6.08 Å². The van der Waals surface area contributed by atoms with Gasteiger partial charge in [0.1, 0.15) is 24.4 Å². The van der Waals surface area contributed by atoms with E-state index in [9.17, 15) is 30.3 Å². The number of rotatable bonds is 44. The molecule has 380 valence electrons. The summed E-state index contributed by atoms with van der Waals surface area (Å²) in [6, 6.07) is -0.855. The zero-order valence-electron chi connectivity index (χ0n) is 41.9. The van der Waals surface area contributed by atoms with Gasteiger partial charge in [-0.15, -0.1) is 0 Å². The molecule has 0 aromatic heterocycles. The third-order valence-corrected chi connectivity index (χ3v) is 12.2. The minimum absolute atomic E-state index is 0.227. The van der Waals surface area contributed by atoms with E-state index in [1.165, 1.54) is 116 Å². The Morgan fingerprint density at radius 1 is 0.530 bits per heavy atom. The van der Waals surface area contributed by atoms with Crippen LogP contribution in [0.2, 0.25) is 0 Å². The van der Waals surface area contributed by atoms with Gasteiger partial charge >= 0.3 is 0 Å². The molecule has 1 heterocycles. The summed E-state index contributed by atoms with van der Waals surface area (Å²) in [6.07, 6.45) is 58.0. The molecule has 9 heteroatoms. The van der Waals surface area contributed by atoms with Crippen molar-refractivity contribution in [3.63, 3.8) is 0 Å². The van der Waals surface area contributed by atoms with Crippen LogP contribution in [-0.2, 0) is 14.3 Å². The van der Waals surface area contributed by atoms with Gasteiger partial charge in [0.2, 0.25) is 5.91 Å². The summed E-state index contributed by atoms with van der Waals surface area (Å²) >= 11 is 0. The van der Waals surface area contributed by atoms with Gasteiger partial charge in [0.15, 0.2) is 6.29 Å². The summed E-state index contributed by atoms with van der Waals surface area (Å²) in [5, 5.41) is 54.3. The predicted octanol–water partition coefficient (Wildman–Crippen LogP) is 12.7. The average Bonchev–Trinajstić information content (AvgIpc) is 3.32. The van der Waals surface area contributed by atoms with E-state index >= 15 is 0 Å². The summed E-state index contributed by atoms with van der Waals surface area (Å²) in [5.41, 5.74) is 0. The highest BCUT2D eigenvalue weighted by Gasteiger charge is 2.44. The van der Waals surface area contributed by atoms with Crippen molar-refractivity contribution >= 4 is 5.91 Å². The molecule has 7 atom stereocenters. The number of unbranched alkanes of at least 4 members (excludes halogenated alkanes) is 22. The fourth-order valence-corrected chi connectivity index (χ4v) is 7.94. The summed E-state index contributed by atoms with van der Waals surface area (Å²) in [7, 11) is 0. The van der Waals surface area contributed by atoms with Crippen molar-refractivity contribution in [3.8, 4) is 0 Å². The van der Waals surface area contributed by atoms with E-state index in [-0.39, 0.29) is 18.9 Å². The molecule has 9 nitrogen and oxygen atoms in total. The molecule has 6 N–H and O–H groups in total. The molecule has 66 heavy (non-hydrogen) atoms. The molecule has 1 aliphatic rings. The largest absolute Gasteiger partial charge is 0.394 e. The lowest BCUT2D eigenvalue weighted by atomic mass is 9.99. The van der Waals surface area contributed by atoms with Crippen LogP contribution in [0.1, 0.15) is 213 Å². The van der Waals surface area contributed by atoms with Crippen LogP contribution in [0.5, 0.6) is 0 Å². The molecule has 1 amide bonds. The predicted molar refractivity (Wildman–Crippen MR) is 276 cm³/mol. The first-order valence-corrected chi connectivity index (χ1v) is 26.8. The Morgan fingerprint density at radius 2 is 0.955 bits per heavy atom. The molecule has 1 fully saturated rings. The Morgan fingerprint density at radius 3 is 1.45 bits per heavy atom. The molecule has 0 saturated carbocycles. The maximum atomic E-state index is 13.0. The maximum Gasteiger partial charge on any atom is 0.220 e. The van der Waals surface area contributed by atoms with Crippen molar-refractivity contribution in [2.75, 3.05) is 13.2 Å². The Bertz CT molecular complexity index is 1300. The summed E-state index contributed by atoms with van der Waals surface area (Å²) in [4.78, 5) is 13.0. The normalized spacial score (nSPS) is 20.5. The highest BCUT2D eigenvalue weighted by molar-refractivity contribution is 5.76. The molecule has 1 aliphatic heterocycles. The summed E-state index contributed by atoms with van der Waals surface area (Å²) < 4.78 is 11.2. The van der Waals surface area contributed by atoms with Gasteiger partial charge in [0.25, 0.3) is 0 Å². The first-order valence-electron chi connectivity index (χ1n) is 26.8. The monoisotopic (exact) mass is 926 g/mol. The van der Waals surface area contributed by atoms with Crippen LogP contribution >= 0.6 is 0 Å². The number of nitrogens with one attached hydrogen (secondary N) is 1. The van der Waals surface area contributed by atoms with Crippen molar-refractivity contribution in [3.05, 3.63) is 85.1 Å². The number of ether oxygens (including phenoxy) is 2. The first kappa shape index (κ1) is 61.4. The van der Waals surface area contributed by atoms with E-state index in [1.54, 1.807) is 6.08 Å². The Hall–Kier alpha value is -2.63. The van der Waals surface area contributed by atoms with E-state index in [2.05, 4.69) is 92.1 Å². The molecular weight excluding hydrogens is 827 g/mol. The number of aliphatic hydroxyl groups excluding tert-OH is 5. The van der Waals surface area contributed by atoms with Crippen LogP contribution in [0, 0.1) is 0 Å².